The molecular formula is C5H3ClFN. The van der Waals surface area contributed by atoms with Crippen molar-refractivity contribution >= 4 is 11.6 Å². The maximum absolute atomic E-state index is 12.0. The summed E-state index contributed by atoms with van der Waals surface area (Å²) in [4.78, 5) is 3.29. The van der Waals surface area contributed by atoms with E-state index in [1.807, 2.05) is 0 Å². The van der Waals surface area contributed by atoms with E-state index in [9.17, 15) is 4.39 Å². The summed E-state index contributed by atoms with van der Waals surface area (Å²) < 4.78 is 12.0. The topological polar surface area (TPSA) is 12.9 Å². The van der Waals surface area contributed by atoms with Crippen molar-refractivity contribution in [2.24, 2.45) is 0 Å². The van der Waals surface area contributed by atoms with Gasteiger partial charge in [-0.15, -0.1) is 0 Å². The Bertz CT molecular complexity index is 172. The van der Waals surface area contributed by atoms with Gasteiger partial charge < -0.3 is 0 Å². The minimum absolute atomic E-state index is 0.373. The zero-order chi connectivity index (χ0) is 5.98. The lowest BCUT2D eigenvalue weighted by Gasteiger charge is -1.84. The number of aromatic nitrogens is 1. The van der Waals surface area contributed by atoms with Crippen LogP contribution in [-0.2, 0) is 0 Å². The first-order chi connectivity index (χ1) is 3.79. The van der Waals surface area contributed by atoms with Gasteiger partial charge in [0.05, 0.1) is 0 Å². The zero-order valence-corrected chi connectivity index (χ0v) is 4.69. The Morgan fingerprint density at radius 2 is 2.38 bits per heavy atom. The summed E-state index contributed by atoms with van der Waals surface area (Å²) in [5.74, 6) is -0.544. The lowest BCUT2D eigenvalue weighted by molar-refractivity contribution is 0.584. The fourth-order valence-electron chi connectivity index (χ4n) is 0.379. The molecule has 0 bridgehead atoms. The molecule has 0 aromatic carbocycles. The smallest absolute Gasteiger partial charge is 0.214 e. The highest BCUT2D eigenvalue weighted by Gasteiger charge is 1.88. The van der Waals surface area contributed by atoms with Gasteiger partial charge in [0.25, 0.3) is 0 Å². The molecule has 1 nitrogen and oxygen atoms in total. The normalized spacial score (nSPS) is 9.25. The van der Waals surface area contributed by atoms with Crippen LogP contribution >= 0.6 is 11.6 Å². The molecule has 0 amide bonds. The van der Waals surface area contributed by atoms with E-state index in [0.29, 0.717) is 5.02 Å². The Morgan fingerprint density at radius 1 is 1.62 bits per heavy atom. The number of hydrogen-bond donors (Lipinski definition) is 0. The molecule has 0 saturated heterocycles. The minimum atomic E-state index is -0.544. The molecule has 1 aromatic heterocycles. The third kappa shape index (κ3) is 1.17. The van der Waals surface area contributed by atoms with Gasteiger partial charge in [0.1, 0.15) is 0 Å². The SMILES string of the molecule is Fc1cc(Cl)ccn1. The fraction of sp³-hybridized carbons (Fsp3) is 0. The Hall–Kier alpha value is -0.630. The molecule has 0 N–H and O–H groups in total. The second-order valence-electron chi connectivity index (χ2n) is 1.30. The second-order valence-corrected chi connectivity index (χ2v) is 1.73. The summed E-state index contributed by atoms with van der Waals surface area (Å²) >= 11 is 5.36. The third-order valence-corrected chi connectivity index (χ3v) is 0.924. The van der Waals surface area contributed by atoms with Crippen molar-refractivity contribution in [2.75, 3.05) is 0 Å². The molecule has 0 atom stereocenters. The molecule has 1 rings (SSSR count). The van der Waals surface area contributed by atoms with Crippen LogP contribution in [0.5, 0.6) is 0 Å². The number of halogens is 2. The number of pyridine rings is 1. The van der Waals surface area contributed by atoms with Crippen LogP contribution in [0, 0.1) is 5.95 Å². The maximum atomic E-state index is 12.0. The standard InChI is InChI=1S/C5H3ClFN/c6-4-1-2-8-5(7)3-4/h1-3H. The average molecular weight is 132 g/mol. The van der Waals surface area contributed by atoms with E-state index in [2.05, 4.69) is 4.98 Å². The highest BCUT2D eigenvalue weighted by molar-refractivity contribution is 6.30. The van der Waals surface area contributed by atoms with Gasteiger partial charge in [-0.2, -0.15) is 4.39 Å². The van der Waals surface area contributed by atoms with Crippen molar-refractivity contribution in [1.29, 1.82) is 0 Å². The highest BCUT2D eigenvalue weighted by atomic mass is 35.5. The molecule has 3 heteroatoms. The van der Waals surface area contributed by atoms with E-state index in [-0.39, 0.29) is 0 Å². The molecule has 0 radical (unpaired) electrons. The summed E-state index contributed by atoms with van der Waals surface area (Å²) in [6, 6.07) is 2.67. The molecule has 0 spiro atoms. The van der Waals surface area contributed by atoms with Gasteiger partial charge in [0.2, 0.25) is 5.95 Å². The first-order valence-electron chi connectivity index (χ1n) is 2.06. The van der Waals surface area contributed by atoms with Crippen molar-refractivity contribution in [1.82, 2.24) is 4.98 Å². The van der Waals surface area contributed by atoms with Gasteiger partial charge in [0, 0.05) is 17.3 Å². The summed E-state index contributed by atoms with van der Waals surface area (Å²) in [6.07, 6.45) is 1.32. The Balaban J connectivity index is 3.08. The van der Waals surface area contributed by atoms with E-state index in [1.165, 1.54) is 12.3 Å². The first kappa shape index (κ1) is 5.51. The molecule has 0 aliphatic carbocycles. The van der Waals surface area contributed by atoms with Gasteiger partial charge in [-0.25, -0.2) is 4.98 Å². The molecule has 1 aromatic rings. The predicted octanol–water partition coefficient (Wildman–Crippen LogP) is 1.87. The fourth-order valence-corrected chi connectivity index (χ4v) is 0.525. The van der Waals surface area contributed by atoms with Gasteiger partial charge in [0.15, 0.2) is 0 Å². The van der Waals surface area contributed by atoms with Crippen molar-refractivity contribution in [3.63, 3.8) is 0 Å². The Kier molecular flexibility index (Phi) is 1.44. The van der Waals surface area contributed by atoms with E-state index in [4.69, 9.17) is 11.6 Å². The van der Waals surface area contributed by atoms with Crippen LogP contribution in [0.4, 0.5) is 4.39 Å². The quantitative estimate of drug-likeness (QED) is 0.490. The van der Waals surface area contributed by atoms with Crippen molar-refractivity contribution in [3.8, 4) is 0 Å². The van der Waals surface area contributed by atoms with Crippen LogP contribution in [0.25, 0.3) is 0 Å². The predicted molar refractivity (Wildman–Crippen MR) is 29.2 cm³/mol. The van der Waals surface area contributed by atoms with Gasteiger partial charge in [-0.3, -0.25) is 0 Å². The first-order valence-corrected chi connectivity index (χ1v) is 2.44. The summed E-state index contributed by atoms with van der Waals surface area (Å²) in [5.41, 5.74) is 0. The number of nitrogens with zero attached hydrogens (tertiary/aromatic N) is 1. The van der Waals surface area contributed by atoms with Gasteiger partial charge in [-0.1, -0.05) is 11.6 Å². The number of rotatable bonds is 0. The Labute approximate surface area is 51.1 Å². The molecule has 0 unspecified atom stereocenters. The van der Waals surface area contributed by atoms with E-state index in [0.717, 1.165) is 6.07 Å². The summed E-state index contributed by atoms with van der Waals surface area (Å²) in [7, 11) is 0. The van der Waals surface area contributed by atoms with Crippen molar-refractivity contribution in [2.45, 2.75) is 0 Å². The van der Waals surface area contributed by atoms with E-state index >= 15 is 0 Å². The molecule has 8 heavy (non-hydrogen) atoms. The molecule has 0 aliphatic heterocycles. The van der Waals surface area contributed by atoms with Crippen LogP contribution in [0.1, 0.15) is 0 Å². The molecule has 0 saturated carbocycles. The Morgan fingerprint density at radius 3 is 2.75 bits per heavy atom. The van der Waals surface area contributed by atoms with Crippen LogP contribution in [-0.4, -0.2) is 4.98 Å². The zero-order valence-electron chi connectivity index (χ0n) is 3.94. The molecule has 0 fully saturated rings. The second kappa shape index (κ2) is 2.09. The average Bonchev–Trinajstić information content (AvgIpc) is 1.64. The van der Waals surface area contributed by atoms with E-state index in [1.54, 1.807) is 0 Å². The van der Waals surface area contributed by atoms with E-state index < -0.39 is 5.95 Å². The summed E-state index contributed by atoms with van der Waals surface area (Å²) in [6.45, 7) is 0. The van der Waals surface area contributed by atoms with Crippen LogP contribution in [0.3, 0.4) is 0 Å². The van der Waals surface area contributed by atoms with Crippen molar-refractivity contribution < 1.29 is 4.39 Å². The minimum Gasteiger partial charge on any atom is -0.228 e. The highest BCUT2D eigenvalue weighted by Crippen LogP contribution is 2.05. The third-order valence-electron chi connectivity index (χ3n) is 0.689. The monoisotopic (exact) mass is 131 g/mol. The maximum Gasteiger partial charge on any atom is 0.214 e. The molecule has 42 valence electrons. The summed E-state index contributed by atoms with van der Waals surface area (Å²) in [5, 5.41) is 0.373. The van der Waals surface area contributed by atoms with Crippen LogP contribution < -0.4 is 0 Å². The largest absolute Gasteiger partial charge is 0.228 e. The molecule has 1 heterocycles. The van der Waals surface area contributed by atoms with Gasteiger partial charge >= 0.3 is 0 Å². The lowest BCUT2D eigenvalue weighted by atomic mass is 10.5. The van der Waals surface area contributed by atoms with Crippen LogP contribution in [0.2, 0.25) is 5.02 Å². The van der Waals surface area contributed by atoms with Gasteiger partial charge in [-0.05, 0) is 6.07 Å². The number of hydrogen-bond acceptors (Lipinski definition) is 1. The molecule has 0 aliphatic rings. The lowest BCUT2D eigenvalue weighted by Crippen LogP contribution is -1.76. The van der Waals surface area contributed by atoms with Crippen molar-refractivity contribution in [3.05, 3.63) is 29.3 Å². The van der Waals surface area contributed by atoms with Crippen LogP contribution in [0.15, 0.2) is 18.3 Å². The molecular weight excluding hydrogens is 129 g/mol.